The van der Waals surface area contributed by atoms with Gasteiger partial charge in [0.05, 0.1) is 23.7 Å². The molecule has 1 aliphatic heterocycles. The molecular formula is C28H42O6. The Kier molecular flexibility index (Phi) is 4.74. The van der Waals surface area contributed by atoms with E-state index in [0.29, 0.717) is 18.6 Å². The smallest absolute Gasteiger partial charge is 0.343 e. The first kappa shape index (κ1) is 23.4. The second-order valence-corrected chi connectivity index (χ2v) is 13.8. The van der Waals surface area contributed by atoms with Crippen LogP contribution >= 0.6 is 0 Å². The van der Waals surface area contributed by atoms with Crippen LogP contribution in [0.4, 0.5) is 0 Å². The molecule has 1 heterocycles. The number of carbonyl (C=O) groups excluding carboxylic acids is 1. The highest BCUT2D eigenvalue weighted by Gasteiger charge is 2.74. The highest BCUT2D eigenvalue weighted by Crippen LogP contribution is 2.74. The van der Waals surface area contributed by atoms with Gasteiger partial charge in [0.2, 0.25) is 0 Å². The molecule has 4 N–H and O–H groups in total. The molecule has 0 aromatic carbocycles. The fourth-order valence-electron chi connectivity index (χ4n) is 10.9. The van der Waals surface area contributed by atoms with E-state index in [1.807, 2.05) is 6.92 Å². The van der Waals surface area contributed by atoms with Crippen molar-refractivity contribution in [2.75, 3.05) is 0 Å². The van der Waals surface area contributed by atoms with Crippen LogP contribution in [0.25, 0.3) is 0 Å². The molecule has 10 unspecified atom stereocenters. The van der Waals surface area contributed by atoms with Gasteiger partial charge in [-0.1, -0.05) is 20.8 Å². The van der Waals surface area contributed by atoms with Gasteiger partial charge in [-0.25, -0.2) is 4.79 Å². The lowest BCUT2D eigenvalue weighted by atomic mass is 9.43. The van der Waals surface area contributed by atoms with Crippen LogP contribution in [0.5, 0.6) is 0 Å². The Morgan fingerprint density at radius 1 is 0.912 bits per heavy atom. The fraction of sp³-hybridized carbons (Fsp3) is 0.893. The fourth-order valence-corrected chi connectivity index (χ4v) is 10.9. The molecule has 6 nitrogen and oxygen atoms in total. The Morgan fingerprint density at radius 3 is 2.32 bits per heavy atom. The molecule has 5 aliphatic carbocycles. The van der Waals surface area contributed by atoms with E-state index in [-0.39, 0.29) is 58.4 Å². The van der Waals surface area contributed by atoms with Crippen LogP contribution in [0.2, 0.25) is 0 Å². The number of ether oxygens (including phenoxy) is 1. The molecule has 0 aromatic rings. The number of aliphatic hydroxyl groups is 4. The van der Waals surface area contributed by atoms with E-state index in [0.717, 1.165) is 25.7 Å². The van der Waals surface area contributed by atoms with Crippen LogP contribution in [-0.2, 0) is 9.53 Å². The lowest BCUT2D eigenvalue weighted by Gasteiger charge is -2.63. The van der Waals surface area contributed by atoms with Gasteiger partial charge < -0.3 is 25.2 Å². The zero-order chi connectivity index (χ0) is 24.6. The number of hydrogen-bond donors (Lipinski definition) is 4. The van der Waals surface area contributed by atoms with E-state index in [2.05, 4.69) is 26.8 Å². The van der Waals surface area contributed by atoms with Crippen molar-refractivity contribution in [1.29, 1.82) is 0 Å². The monoisotopic (exact) mass is 474 g/mol. The van der Waals surface area contributed by atoms with Gasteiger partial charge in [0.1, 0.15) is 5.76 Å². The quantitative estimate of drug-likeness (QED) is 0.402. The summed E-state index contributed by atoms with van der Waals surface area (Å²) in [5.41, 5.74) is -2.62. The van der Waals surface area contributed by atoms with E-state index in [9.17, 15) is 25.2 Å². The van der Waals surface area contributed by atoms with Gasteiger partial charge in [-0.3, -0.25) is 0 Å². The standard InChI is InChI=1S/C28H42O6/c1-13-10-19-27(4,28(5,33)24(32)34-19)18-11-17-20-15(8-9-25(17,2)21(13)18)26(3)12-14(29)6-7-16(26)22(30)23(20)31/h10,13-18,20-23,29-31,33H,6-9,11-12H2,1-5H3/t13?,14?,15?,16?,17?,18?,20?,21?,22?,23?,25-,26+,27+,28+/m0/s1. The molecule has 6 rings (SSSR count). The minimum atomic E-state index is -1.58. The maximum absolute atomic E-state index is 12.7. The molecule has 0 aromatic heterocycles. The zero-order valence-corrected chi connectivity index (χ0v) is 21.2. The third-order valence-electron chi connectivity index (χ3n) is 12.7. The topological polar surface area (TPSA) is 107 Å². The van der Waals surface area contributed by atoms with E-state index in [1.54, 1.807) is 6.92 Å². The molecule has 0 bridgehead atoms. The summed E-state index contributed by atoms with van der Waals surface area (Å²) in [6, 6.07) is 0. The van der Waals surface area contributed by atoms with Crippen molar-refractivity contribution in [3.63, 3.8) is 0 Å². The van der Waals surface area contributed by atoms with Crippen molar-refractivity contribution >= 4 is 5.97 Å². The summed E-state index contributed by atoms with van der Waals surface area (Å²) in [4.78, 5) is 12.7. The molecule has 1 saturated heterocycles. The molecule has 6 heteroatoms. The van der Waals surface area contributed by atoms with Crippen LogP contribution in [0, 0.1) is 57.7 Å². The first-order chi connectivity index (χ1) is 15.8. The summed E-state index contributed by atoms with van der Waals surface area (Å²) in [7, 11) is 0. The van der Waals surface area contributed by atoms with Crippen LogP contribution < -0.4 is 0 Å². The number of carbonyl (C=O) groups is 1. The summed E-state index contributed by atoms with van der Waals surface area (Å²) in [5, 5.41) is 44.9. The van der Waals surface area contributed by atoms with Crippen LogP contribution in [0.1, 0.15) is 73.1 Å². The molecule has 0 amide bonds. The van der Waals surface area contributed by atoms with Crippen molar-refractivity contribution in [2.24, 2.45) is 57.7 Å². The minimum absolute atomic E-state index is 0.0199. The summed E-state index contributed by atoms with van der Waals surface area (Å²) >= 11 is 0. The maximum Gasteiger partial charge on any atom is 0.343 e. The van der Waals surface area contributed by atoms with Crippen molar-refractivity contribution in [2.45, 2.75) is 97.1 Å². The van der Waals surface area contributed by atoms with Gasteiger partial charge in [0, 0.05) is 0 Å². The number of allylic oxidation sites excluding steroid dienone is 1. The number of esters is 1. The number of aliphatic hydroxyl groups excluding tert-OH is 3. The SMILES string of the molecule is CC1C=C2OC(=O)[C@@](C)(O)[C@]2(C)C2CC3C4C(O)C(O)C5CCC(O)C[C@]5(C)C4CC[C@]3(C)C12. The summed E-state index contributed by atoms with van der Waals surface area (Å²) in [6.45, 7) is 10.4. The normalized spacial score (nSPS) is 62.5. The second kappa shape index (κ2) is 6.87. The van der Waals surface area contributed by atoms with Gasteiger partial charge in [0.15, 0.2) is 5.60 Å². The van der Waals surface area contributed by atoms with E-state index < -0.39 is 29.2 Å². The number of fused-ring (bicyclic) bond motifs is 9. The molecule has 0 spiro atoms. The first-order valence-corrected chi connectivity index (χ1v) is 13.5. The largest absolute Gasteiger partial charge is 0.429 e. The molecule has 190 valence electrons. The van der Waals surface area contributed by atoms with Gasteiger partial charge in [-0.2, -0.15) is 0 Å². The molecule has 6 aliphatic rings. The van der Waals surface area contributed by atoms with Crippen molar-refractivity contribution < 1.29 is 30.0 Å². The summed E-state index contributed by atoms with van der Waals surface area (Å²) in [5.74, 6) is 0.979. The maximum atomic E-state index is 12.7. The van der Waals surface area contributed by atoms with Crippen molar-refractivity contribution in [1.82, 2.24) is 0 Å². The van der Waals surface area contributed by atoms with E-state index >= 15 is 0 Å². The third kappa shape index (κ3) is 2.49. The Hall–Kier alpha value is -0.950. The van der Waals surface area contributed by atoms with Crippen molar-refractivity contribution in [3.05, 3.63) is 11.8 Å². The van der Waals surface area contributed by atoms with Gasteiger partial charge in [0.25, 0.3) is 0 Å². The van der Waals surface area contributed by atoms with Gasteiger partial charge in [-0.15, -0.1) is 0 Å². The lowest BCUT2D eigenvalue weighted by Crippen LogP contribution is -2.64. The van der Waals surface area contributed by atoms with Crippen LogP contribution in [0.15, 0.2) is 11.8 Å². The average Bonchev–Trinajstić information content (AvgIpc) is 3.16. The molecule has 5 fully saturated rings. The highest BCUT2D eigenvalue weighted by atomic mass is 16.6. The van der Waals surface area contributed by atoms with E-state index in [4.69, 9.17) is 4.74 Å². The van der Waals surface area contributed by atoms with Crippen LogP contribution in [0.3, 0.4) is 0 Å². The van der Waals surface area contributed by atoms with Crippen molar-refractivity contribution in [3.8, 4) is 0 Å². The second-order valence-electron chi connectivity index (χ2n) is 13.8. The Morgan fingerprint density at radius 2 is 1.62 bits per heavy atom. The van der Waals surface area contributed by atoms with E-state index in [1.165, 1.54) is 0 Å². The Bertz CT molecular complexity index is 943. The first-order valence-electron chi connectivity index (χ1n) is 13.5. The summed E-state index contributed by atoms with van der Waals surface area (Å²) < 4.78 is 5.65. The molecule has 34 heavy (non-hydrogen) atoms. The molecule has 14 atom stereocenters. The van der Waals surface area contributed by atoms with Gasteiger partial charge >= 0.3 is 5.97 Å². The minimum Gasteiger partial charge on any atom is -0.429 e. The molecular weight excluding hydrogens is 432 g/mol. The predicted molar refractivity (Wildman–Crippen MR) is 125 cm³/mol. The molecule has 0 radical (unpaired) electrons. The number of hydrogen-bond acceptors (Lipinski definition) is 6. The Balaban J connectivity index is 1.44. The number of rotatable bonds is 0. The molecule has 4 saturated carbocycles. The Labute approximate surface area is 202 Å². The third-order valence-corrected chi connectivity index (χ3v) is 12.7. The summed E-state index contributed by atoms with van der Waals surface area (Å²) in [6.07, 6.45) is 5.14. The lowest BCUT2D eigenvalue weighted by molar-refractivity contribution is -0.223. The average molecular weight is 475 g/mol. The zero-order valence-electron chi connectivity index (χ0n) is 21.2. The van der Waals surface area contributed by atoms with Gasteiger partial charge in [-0.05, 0) is 111 Å². The predicted octanol–water partition coefficient (Wildman–Crippen LogP) is 3.02. The van der Waals surface area contributed by atoms with Crippen LogP contribution in [-0.4, -0.2) is 50.3 Å². The highest BCUT2D eigenvalue weighted by molar-refractivity contribution is 5.85.